The summed E-state index contributed by atoms with van der Waals surface area (Å²) in [6, 6.07) is 0. The van der Waals surface area contributed by atoms with Gasteiger partial charge in [-0.2, -0.15) is 0 Å². The number of primary amides is 1. The van der Waals surface area contributed by atoms with Crippen LogP contribution in [0.1, 0.15) is 60.3 Å². The van der Waals surface area contributed by atoms with E-state index in [1.807, 2.05) is 13.8 Å². The van der Waals surface area contributed by atoms with Crippen molar-refractivity contribution in [3.8, 4) is 0 Å². The molecule has 0 aromatic rings. The first-order valence-corrected chi connectivity index (χ1v) is 7.72. The molecule has 0 spiro atoms. The lowest BCUT2D eigenvalue weighted by Gasteiger charge is -2.33. The molecule has 2 N–H and O–H groups in total. The van der Waals surface area contributed by atoms with Crippen molar-refractivity contribution in [2.45, 2.75) is 60.3 Å². The molecule has 0 rings (SSSR count). The van der Waals surface area contributed by atoms with Gasteiger partial charge in [-0.05, 0) is 40.0 Å². The van der Waals surface area contributed by atoms with E-state index >= 15 is 0 Å². The van der Waals surface area contributed by atoms with Gasteiger partial charge in [0.25, 0.3) is 5.91 Å². The van der Waals surface area contributed by atoms with Crippen molar-refractivity contribution < 1.29 is 23.9 Å². The van der Waals surface area contributed by atoms with Crippen molar-refractivity contribution in [2.75, 3.05) is 13.2 Å². The van der Waals surface area contributed by atoms with Crippen molar-refractivity contribution in [1.82, 2.24) is 0 Å². The molecule has 1 atom stereocenters. The van der Waals surface area contributed by atoms with E-state index in [4.69, 9.17) is 15.2 Å². The molecule has 0 saturated heterocycles. The van der Waals surface area contributed by atoms with Crippen molar-refractivity contribution in [1.29, 1.82) is 0 Å². The van der Waals surface area contributed by atoms with Crippen molar-refractivity contribution in [3.63, 3.8) is 0 Å². The summed E-state index contributed by atoms with van der Waals surface area (Å²) >= 11 is 0. The van der Waals surface area contributed by atoms with Crippen LogP contribution in [0.3, 0.4) is 0 Å². The second kappa shape index (κ2) is 8.76. The first-order valence-electron chi connectivity index (χ1n) is 7.72. The lowest BCUT2D eigenvalue weighted by molar-refractivity contribution is -0.164. The van der Waals surface area contributed by atoms with Gasteiger partial charge in [0.05, 0.1) is 17.4 Å². The molecule has 1 amide bonds. The van der Waals surface area contributed by atoms with Gasteiger partial charge in [-0.1, -0.05) is 20.3 Å². The lowest BCUT2D eigenvalue weighted by atomic mass is 9.72. The fourth-order valence-electron chi connectivity index (χ4n) is 2.20. The van der Waals surface area contributed by atoms with E-state index in [1.165, 1.54) is 0 Å². The first kappa shape index (κ1) is 20.4. The Hall–Kier alpha value is -1.59. The fourth-order valence-corrected chi connectivity index (χ4v) is 2.20. The number of rotatable bonds is 10. The summed E-state index contributed by atoms with van der Waals surface area (Å²) in [5, 5.41) is 0. The molecule has 0 saturated carbocycles. The van der Waals surface area contributed by atoms with Crippen LogP contribution in [0.4, 0.5) is 0 Å². The maximum absolute atomic E-state index is 12.2. The molecule has 0 radical (unpaired) electrons. The van der Waals surface area contributed by atoms with Crippen molar-refractivity contribution in [2.24, 2.45) is 16.6 Å². The summed E-state index contributed by atoms with van der Waals surface area (Å²) in [5.41, 5.74) is 3.29. The molecule has 0 heterocycles. The van der Waals surface area contributed by atoms with E-state index in [2.05, 4.69) is 0 Å². The highest BCUT2D eigenvalue weighted by molar-refractivity contribution is 5.83. The minimum atomic E-state index is -0.872. The topological polar surface area (TPSA) is 95.7 Å². The van der Waals surface area contributed by atoms with Gasteiger partial charge < -0.3 is 15.2 Å². The monoisotopic (exact) mass is 315 g/mol. The van der Waals surface area contributed by atoms with Crippen LogP contribution in [0.25, 0.3) is 0 Å². The van der Waals surface area contributed by atoms with E-state index in [9.17, 15) is 14.4 Å². The summed E-state index contributed by atoms with van der Waals surface area (Å²) in [5.74, 6) is -1.56. The molecular weight excluding hydrogens is 286 g/mol. The Morgan fingerprint density at radius 2 is 1.59 bits per heavy atom. The third-order valence-electron chi connectivity index (χ3n) is 3.73. The number of carbonyl (C=O) groups excluding carboxylic acids is 3. The smallest absolute Gasteiger partial charge is 0.312 e. The second-order valence-electron chi connectivity index (χ2n) is 6.51. The molecule has 0 aromatic carbocycles. The predicted octanol–water partition coefficient (Wildman–Crippen LogP) is 2.19. The van der Waals surface area contributed by atoms with Gasteiger partial charge >= 0.3 is 11.9 Å². The number of hydrogen-bond donors (Lipinski definition) is 1. The average Bonchev–Trinajstić information content (AvgIpc) is 2.44. The summed E-state index contributed by atoms with van der Waals surface area (Å²) in [6.45, 7) is 9.00. The molecular formula is C16H29NO5. The quantitative estimate of drug-likeness (QED) is 0.492. The van der Waals surface area contributed by atoms with Gasteiger partial charge in [0.15, 0.2) is 6.61 Å². The van der Waals surface area contributed by atoms with Crippen LogP contribution in [0.15, 0.2) is 0 Å². The Labute approximate surface area is 132 Å². The van der Waals surface area contributed by atoms with Gasteiger partial charge in [0, 0.05) is 0 Å². The number of amides is 1. The molecule has 6 heteroatoms. The number of esters is 2. The predicted molar refractivity (Wildman–Crippen MR) is 82.8 cm³/mol. The Kier molecular flexibility index (Phi) is 8.12. The molecule has 0 aliphatic rings. The van der Waals surface area contributed by atoms with E-state index in [0.29, 0.717) is 13.0 Å². The summed E-state index contributed by atoms with van der Waals surface area (Å²) < 4.78 is 10.2. The maximum Gasteiger partial charge on any atom is 0.312 e. The Morgan fingerprint density at radius 3 is 2.05 bits per heavy atom. The normalized spacial score (nSPS) is 14.0. The van der Waals surface area contributed by atoms with Gasteiger partial charge in [0.2, 0.25) is 0 Å². The fraction of sp³-hybridized carbons (Fsp3) is 0.812. The molecule has 0 fully saturated rings. The Morgan fingerprint density at radius 1 is 1.00 bits per heavy atom. The number of ether oxygens (including phenoxy) is 2. The zero-order valence-electron chi connectivity index (χ0n) is 14.4. The molecule has 1 unspecified atom stereocenters. The molecule has 22 heavy (non-hydrogen) atoms. The van der Waals surface area contributed by atoms with Crippen LogP contribution in [0, 0.1) is 10.8 Å². The summed E-state index contributed by atoms with van der Waals surface area (Å²) in [4.78, 5) is 35.1. The first-order chi connectivity index (χ1) is 10.1. The molecule has 0 bridgehead atoms. The van der Waals surface area contributed by atoms with E-state index in [0.717, 1.165) is 12.8 Å². The average molecular weight is 315 g/mol. The van der Waals surface area contributed by atoms with Gasteiger partial charge in [-0.3, -0.25) is 14.4 Å². The number of nitrogens with two attached hydrogens (primary N) is 1. The van der Waals surface area contributed by atoms with E-state index in [-0.39, 0.29) is 12.4 Å². The number of hydrogen-bond acceptors (Lipinski definition) is 5. The zero-order chi connectivity index (χ0) is 17.4. The molecule has 0 aromatic heterocycles. The molecule has 0 aliphatic carbocycles. The van der Waals surface area contributed by atoms with Crippen LogP contribution in [0.5, 0.6) is 0 Å². The van der Waals surface area contributed by atoms with Crippen LogP contribution < -0.4 is 5.73 Å². The van der Waals surface area contributed by atoms with Crippen molar-refractivity contribution >= 4 is 17.8 Å². The highest BCUT2D eigenvalue weighted by atomic mass is 16.5. The van der Waals surface area contributed by atoms with Crippen LogP contribution in [0.2, 0.25) is 0 Å². The minimum Gasteiger partial charge on any atom is -0.465 e. The largest absolute Gasteiger partial charge is 0.465 e. The highest BCUT2D eigenvalue weighted by Crippen LogP contribution is 2.38. The minimum absolute atomic E-state index is 0.277. The second-order valence-corrected chi connectivity index (χ2v) is 6.51. The Balaban J connectivity index is 4.82. The third kappa shape index (κ3) is 6.45. The third-order valence-corrected chi connectivity index (χ3v) is 3.73. The van der Waals surface area contributed by atoms with Crippen molar-refractivity contribution in [3.05, 3.63) is 0 Å². The highest BCUT2D eigenvalue weighted by Gasteiger charge is 2.42. The molecule has 128 valence electrons. The summed E-state index contributed by atoms with van der Waals surface area (Å²) in [7, 11) is 0. The van der Waals surface area contributed by atoms with E-state index in [1.54, 1.807) is 20.8 Å². The van der Waals surface area contributed by atoms with Gasteiger partial charge in [-0.15, -0.1) is 0 Å². The standard InChI is InChI=1S/C16H29NO5/c1-6-8-9-21-13(19)15(3,4)11-16(5,7-2)14(20)22-10-12(17)18/h6-11H2,1-5H3,(H2,17,18). The maximum atomic E-state index is 12.2. The van der Waals surface area contributed by atoms with E-state index < -0.39 is 29.3 Å². The van der Waals surface area contributed by atoms with Crippen LogP contribution >= 0.6 is 0 Å². The number of carbonyl (C=O) groups is 3. The zero-order valence-corrected chi connectivity index (χ0v) is 14.4. The molecule has 0 aliphatic heterocycles. The summed E-state index contributed by atoms with van der Waals surface area (Å²) in [6.07, 6.45) is 2.52. The van der Waals surface area contributed by atoms with Crippen LogP contribution in [-0.2, 0) is 23.9 Å². The molecule has 6 nitrogen and oxygen atoms in total. The van der Waals surface area contributed by atoms with Gasteiger partial charge in [0.1, 0.15) is 0 Å². The SMILES string of the molecule is CCCCOC(=O)C(C)(C)CC(C)(CC)C(=O)OCC(N)=O. The number of unbranched alkanes of at least 4 members (excludes halogenated alkanes) is 1. The van der Waals surface area contributed by atoms with Crippen LogP contribution in [-0.4, -0.2) is 31.1 Å². The lowest BCUT2D eigenvalue weighted by Crippen LogP contribution is -2.39. The van der Waals surface area contributed by atoms with Gasteiger partial charge in [-0.25, -0.2) is 0 Å². The Bertz CT molecular complexity index is 405.